The van der Waals surface area contributed by atoms with E-state index in [1.54, 1.807) is 6.92 Å². The van der Waals surface area contributed by atoms with Crippen LogP contribution in [-0.4, -0.2) is 5.84 Å². The number of nitrogens with two attached hydrogens (primary N) is 1. The molecule has 0 atom stereocenters. The highest BCUT2D eigenvalue weighted by molar-refractivity contribution is 5.78. The largest absolute Gasteiger partial charge is 0.387 e. The molecule has 0 rings (SSSR count). The number of hydrogen-bond acceptors (Lipinski definition) is 1. The zero-order valence-corrected chi connectivity index (χ0v) is 5.60. The van der Waals surface area contributed by atoms with Crippen LogP contribution in [-0.2, 0) is 0 Å². The minimum Gasteiger partial charge on any atom is -0.387 e. The second-order valence-corrected chi connectivity index (χ2v) is 1.68. The highest BCUT2D eigenvalue weighted by Crippen LogP contribution is 1.91. The summed E-state index contributed by atoms with van der Waals surface area (Å²) < 4.78 is 0. The van der Waals surface area contributed by atoms with E-state index in [9.17, 15) is 0 Å². The predicted molar refractivity (Wildman–Crippen MR) is 36.7 cm³/mol. The molecule has 2 heteroatoms. The van der Waals surface area contributed by atoms with Crippen LogP contribution in [0.25, 0.3) is 0 Å². The molecule has 0 aromatic rings. The SMILES string of the molecule is C/C=C(/C)N=C(C)N. The molecule has 0 saturated heterocycles. The lowest BCUT2D eigenvalue weighted by molar-refractivity contribution is 1.26. The van der Waals surface area contributed by atoms with Gasteiger partial charge in [-0.05, 0) is 20.8 Å². The van der Waals surface area contributed by atoms with E-state index in [4.69, 9.17) is 5.73 Å². The molecule has 0 saturated carbocycles. The Morgan fingerprint density at radius 2 is 2.00 bits per heavy atom. The molecule has 0 fully saturated rings. The van der Waals surface area contributed by atoms with Gasteiger partial charge >= 0.3 is 0 Å². The summed E-state index contributed by atoms with van der Waals surface area (Å²) in [7, 11) is 0. The third-order valence-electron chi connectivity index (χ3n) is 0.770. The van der Waals surface area contributed by atoms with Gasteiger partial charge in [-0.3, -0.25) is 0 Å². The Hall–Kier alpha value is -0.790. The van der Waals surface area contributed by atoms with Gasteiger partial charge in [0.05, 0.1) is 5.84 Å². The Morgan fingerprint density at radius 3 is 2.12 bits per heavy atom. The lowest BCUT2D eigenvalue weighted by Gasteiger charge is -1.89. The van der Waals surface area contributed by atoms with Crippen molar-refractivity contribution in [3.8, 4) is 0 Å². The van der Waals surface area contributed by atoms with Gasteiger partial charge in [-0.1, -0.05) is 6.08 Å². The van der Waals surface area contributed by atoms with Gasteiger partial charge in [-0.2, -0.15) is 0 Å². The summed E-state index contributed by atoms with van der Waals surface area (Å²) in [5.41, 5.74) is 6.24. The van der Waals surface area contributed by atoms with Crippen LogP contribution >= 0.6 is 0 Å². The predicted octanol–water partition coefficient (Wildman–Crippen LogP) is 1.29. The number of amidine groups is 1. The summed E-state index contributed by atoms with van der Waals surface area (Å²) in [4.78, 5) is 3.95. The lowest BCUT2D eigenvalue weighted by atomic mass is 10.5. The van der Waals surface area contributed by atoms with Crippen molar-refractivity contribution in [2.45, 2.75) is 20.8 Å². The molecule has 0 aliphatic carbocycles. The minimum absolute atomic E-state index is 0.612. The summed E-state index contributed by atoms with van der Waals surface area (Å²) in [6.45, 7) is 5.62. The summed E-state index contributed by atoms with van der Waals surface area (Å²) in [6.07, 6.45) is 1.91. The van der Waals surface area contributed by atoms with Crippen molar-refractivity contribution in [2.24, 2.45) is 10.7 Å². The number of allylic oxidation sites excluding steroid dienone is 2. The van der Waals surface area contributed by atoms with Gasteiger partial charge in [0.2, 0.25) is 0 Å². The molecule has 2 nitrogen and oxygen atoms in total. The van der Waals surface area contributed by atoms with Crippen molar-refractivity contribution in [2.75, 3.05) is 0 Å². The quantitative estimate of drug-likeness (QED) is 0.403. The maximum atomic E-state index is 5.28. The standard InChI is InChI=1S/C6H12N2/c1-4-5(2)8-6(3)7/h4H,1-3H3,(H2,7,8)/b5-4-. The molecular formula is C6H12N2. The fraction of sp³-hybridized carbons (Fsp3) is 0.500. The van der Waals surface area contributed by atoms with Gasteiger partial charge < -0.3 is 5.73 Å². The normalized spacial score (nSPS) is 14.4. The molecule has 2 N–H and O–H groups in total. The molecule has 0 radical (unpaired) electrons. The molecule has 0 aromatic heterocycles. The van der Waals surface area contributed by atoms with Gasteiger partial charge in [0.25, 0.3) is 0 Å². The molecular weight excluding hydrogens is 100 g/mol. The Balaban J connectivity index is 3.89. The molecule has 0 heterocycles. The summed E-state index contributed by atoms with van der Waals surface area (Å²) in [5, 5.41) is 0. The summed E-state index contributed by atoms with van der Waals surface area (Å²) in [5.74, 6) is 0.612. The molecule has 0 unspecified atom stereocenters. The fourth-order valence-electron chi connectivity index (χ4n) is 0.343. The van der Waals surface area contributed by atoms with Crippen LogP contribution in [0, 0.1) is 0 Å². The molecule has 0 amide bonds. The Bertz CT molecular complexity index is 118. The second kappa shape index (κ2) is 3.24. The van der Waals surface area contributed by atoms with E-state index in [1.807, 2.05) is 19.9 Å². The number of aliphatic imine (C=N–C) groups is 1. The highest BCUT2D eigenvalue weighted by Gasteiger charge is 1.78. The first-order chi connectivity index (χ1) is 3.66. The van der Waals surface area contributed by atoms with Crippen LogP contribution in [0.15, 0.2) is 16.8 Å². The van der Waals surface area contributed by atoms with Crippen LogP contribution in [0.4, 0.5) is 0 Å². The average molecular weight is 112 g/mol. The van der Waals surface area contributed by atoms with E-state index in [0.717, 1.165) is 5.70 Å². The topological polar surface area (TPSA) is 38.4 Å². The van der Waals surface area contributed by atoms with Crippen molar-refractivity contribution < 1.29 is 0 Å². The van der Waals surface area contributed by atoms with Crippen LogP contribution in [0.1, 0.15) is 20.8 Å². The first kappa shape index (κ1) is 7.21. The van der Waals surface area contributed by atoms with Gasteiger partial charge in [0, 0.05) is 5.70 Å². The first-order valence-corrected chi connectivity index (χ1v) is 2.60. The smallest absolute Gasteiger partial charge is 0.0960 e. The number of rotatable bonds is 1. The van der Waals surface area contributed by atoms with Crippen LogP contribution in [0.2, 0.25) is 0 Å². The molecule has 0 aliphatic heterocycles. The van der Waals surface area contributed by atoms with Gasteiger partial charge in [0.15, 0.2) is 0 Å². The summed E-state index contributed by atoms with van der Waals surface area (Å²) in [6, 6.07) is 0. The Morgan fingerprint density at radius 1 is 1.50 bits per heavy atom. The average Bonchev–Trinajstić information content (AvgIpc) is 1.65. The van der Waals surface area contributed by atoms with E-state index >= 15 is 0 Å². The van der Waals surface area contributed by atoms with Crippen molar-refractivity contribution in [3.05, 3.63) is 11.8 Å². The van der Waals surface area contributed by atoms with Crippen molar-refractivity contribution in [1.29, 1.82) is 0 Å². The van der Waals surface area contributed by atoms with E-state index in [2.05, 4.69) is 4.99 Å². The van der Waals surface area contributed by atoms with Gasteiger partial charge in [-0.25, -0.2) is 4.99 Å². The van der Waals surface area contributed by atoms with E-state index < -0.39 is 0 Å². The number of nitrogens with zero attached hydrogens (tertiary/aromatic N) is 1. The molecule has 0 spiro atoms. The zero-order chi connectivity index (χ0) is 6.57. The van der Waals surface area contributed by atoms with Gasteiger partial charge in [-0.15, -0.1) is 0 Å². The van der Waals surface area contributed by atoms with E-state index in [-0.39, 0.29) is 0 Å². The highest BCUT2D eigenvalue weighted by atomic mass is 14.8. The zero-order valence-electron chi connectivity index (χ0n) is 5.60. The Kier molecular flexibility index (Phi) is 2.92. The third kappa shape index (κ3) is 3.40. The van der Waals surface area contributed by atoms with E-state index in [1.165, 1.54) is 0 Å². The fourth-order valence-corrected chi connectivity index (χ4v) is 0.343. The van der Waals surface area contributed by atoms with Crippen molar-refractivity contribution in [3.63, 3.8) is 0 Å². The third-order valence-corrected chi connectivity index (χ3v) is 0.770. The maximum Gasteiger partial charge on any atom is 0.0960 e. The molecule has 0 bridgehead atoms. The lowest BCUT2D eigenvalue weighted by Crippen LogP contribution is -2.04. The van der Waals surface area contributed by atoms with Crippen molar-refractivity contribution >= 4 is 5.84 Å². The van der Waals surface area contributed by atoms with Crippen LogP contribution < -0.4 is 5.73 Å². The van der Waals surface area contributed by atoms with E-state index in [0.29, 0.717) is 5.84 Å². The Labute approximate surface area is 50.1 Å². The molecule has 46 valence electrons. The monoisotopic (exact) mass is 112 g/mol. The first-order valence-electron chi connectivity index (χ1n) is 2.60. The summed E-state index contributed by atoms with van der Waals surface area (Å²) >= 11 is 0. The van der Waals surface area contributed by atoms with Gasteiger partial charge in [0.1, 0.15) is 0 Å². The van der Waals surface area contributed by atoms with Crippen LogP contribution in [0.3, 0.4) is 0 Å². The molecule has 0 aliphatic rings. The van der Waals surface area contributed by atoms with Crippen LogP contribution in [0.5, 0.6) is 0 Å². The molecule has 0 aromatic carbocycles. The molecule has 8 heavy (non-hydrogen) atoms. The maximum absolute atomic E-state index is 5.28. The second-order valence-electron chi connectivity index (χ2n) is 1.68. The minimum atomic E-state index is 0.612. The van der Waals surface area contributed by atoms with Crippen molar-refractivity contribution in [1.82, 2.24) is 0 Å². The number of hydrogen-bond donors (Lipinski definition) is 1.